The second-order valence-corrected chi connectivity index (χ2v) is 8.23. The lowest BCUT2D eigenvalue weighted by Gasteiger charge is -2.38. The molecule has 4 nitrogen and oxygen atoms in total. The smallest absolute Gasteiger partial charge is 0.222 e. The van der Waals surface area contributed by atoms with Crippen molar-refractivity contribution < 1.29 is 13.9 Å². The van der Waals surface area contributed by atoms with Gasteiger partial charge in [-0.15, -0.1) is 0 Å². The highest BCUT2D eigenvalue weighted by Crippen LogP contribution is 2.36. The van der Waals surface area contributed by atoms with Gasteiger partial charge in [0.1, 0.15) is 18.2 Å². The standard InChI is InChI=1S/C25H24ClFN2O2/c1-17-2-4-19(5-3-17)15-29-22(16-31-24-12-21(27)10-11-23(24)29)13-25(30)28-14-18-6-8-20(26)9-7-18/h2-12,22H,13-16H2,1H3,(H,28,30)/t22-/m0/s1. The van der Waals surface area contributed by atoms with Crippen molar-refractivity contribution in [3.63, 3.8) is 0 Å². The Morgan fingerprint density at radius 1 is 1.10 bits per heavy atom. The van der Waals surface area contributed by atoms with Crippen LogP contribution in [0, 0.1) is 12.7 Å². The average molecular weight is 439 g/mol. The van der Waals surface area contributed by atoms with Crippen LogP contribution in [-0.4, -0.2) is 18.6 Å². The van der Waals surface area contributed by atoms with Crippen LogP contribution in [-0.2, 0) is 17.9 Å². The predicted molar refractivity (Wildman–Crippen MR) is 121 cm³/mol. The Bertz CT molecular complexity index is 1050. The number of carbonyl (C=O) groups is 1. The molecule has 0 unspecified atom stereocenters. The van der Waals surface area contributed by atoms with Crippen LogP contribution in [0.3, 0.4) is 0 Å². The van der Waals surface area contributed by atoms with Crippen molar-refractivity contribution in [2.24, 2.45) is 0 Å². The summed E-state index contributed by atoms with van der Waals surface area (Å²) in [6.07, 6.45) is 0.274. The van der Waals surface area contributed by atoms with Crippen LogP contribution in [0.2, 0.25) is 5.02 Å². The maximum atomic E-state index is 13.7. The molecule has 1 heterocycles. The van der Waals surface area contributed by atoms with Gasteiger partial charge in [-0.25, -0.2) is 4.39 Å². The van der Waals surface area contributed by atoms with E-state index < -0.39 is 0 Å². The molecule has 6 heteroatoms. The fourth-order valence-electron chi connectivity index (χ4n) is 3.68. The number of carbonyl (C=O) groups excluding carboxylic acids is 1. The van der Waals surface area contributed by atoms with Crippen molar-refractivity contribution in [2.45, 2.75) is 32.5 Å². The summed E-state index contributed by atoms with van der Waals surface area (Å²) < 4.78 is 19.5. The van der Waals surface area contributed by atoms with E-state index in [9.17, 15) is 9.18 Å². The molecule has 3 aromatic rings. The lowest BCUT2D eigenvalue weighted by molar-refractivity contribution is -0.121. The van der Waals surface area contributed by atoms with Crippen LogP contribution in [0.5, 0.6) is 5.75 Å². The molecule has 0 aromatic heterocycles. The summed E-state index contributed by atoms with van der Waals surface area (Å²) in [4.78, 5) is 14.8. The van der Waals surface area contributed by atoms with Crippen LogP contribution in [0.1, 0.15) is 23.1 Å². The zero-order chi connectivity index (χ0) is 21.8. The molecule has 1 aliphatic heterocycles. The van der Waals surface area contributed by atoms with E-state index in [1.54, 1.807) is 18.2 Å². The molecular formula is C25H24ClFN2O2. The molecule has 0 radical (unpaired) electrons. The van der Waals surface area contributed by atoms with Crippen molar-refractivity contribution in [3.05, 3.63) is 94.3 Å². The Hall–Kier alpha value is -3.05. The molecule has 1 aliphatic rings. The number of rotatable bonds is 6. The number of halogens is 2. The predicted octanol–water partition coefficient (Wildman–Crippen LogP) is 5.26. The van der Waals surface area contributed by atoms with Gasteiger partial charge in [0.05, 0.1) is 18.2 Å². The highest BCUT2D eigenvalue weighted by atomic mass is 35.5. The first-order valence-corrected chi connectivity index (χ1v) is 10.6. The first-order valence-electron chi connectivity index (χ1n) is 10.2. The number of hydrogen-bond acceptors (Lipinski definition) is 3. The van der Waals surface area contributed by atoms with Gasteiger partial charge in [0, 0.05) is 24.2 Å². The van der Waals surface area contributed by atoms with Crippen molar-refractivity contribution in [2.75, 3.05) is 11.5 Å². The summed E-state index contributed by atoms with van der Waals surface area (Å²) in [6.45, 7) is 3.40. The van der Waals surface area contributed by atoms with E-state index >= 15 is 0 Å². The molecule has 31 heavy (non-hydrogen) atoms. The SMILES string of the molecule is Cc1ccc(CN2c3ccc(F)cc3OC[C@@H]2CC(=O)NCc2ccc(Cl)cc2)cc1. The normalized spacial score (nSPS) is 15.2. The minimum absolute atomic E-state index is 0.0667. The van der Waals surface area contributed by atoms with Crippen molar-refractivity contribution in [1.29, 1.82) is 0 Å². The fourth-order valence-corrected chi connectivity index (χ4v) is 3.80. The molecule has 0 spiro atoms. The topological polar surface area (TPSA) is 41.6 Å². The molecule has 3 aromatic carbocycles. The van der Waals surface area contributed by atoms with Crippen LogP contribution < -0.4 is 15.0 Å². The van der Waals surface area contributed by atoms with E-state index in [1.165, 1.54) is 17.7 Å². The minimum Gasteiger partial charge on any atom is -0.489 e. The number of benzene rings is 3. The Balaban J connectivity index is 1.48. The molecule has 0 bridgehead atoms. The molecule has 1 atom stereocenters. The summed E-state index contributed by atoms with van der Waals surface area (Å²) in [7, 11) is 0. The van der Waals surface area contributed by atoms with Gasteiger partial charge in [-0.1, -0.05) is 53.6 Å². The minimum atomic E-state index is -0.340. The van der Waals surface area contributed by atoms with E-state index in [4.69, 9.17) is 16.3 Å². The van der Waals surface area contributed by atoms with Crippen LogP contribution >= 0.6 is 11.6 Å². The number of anilines is 1. The molecular weight excluding hydrogens is 415 g/mol. The first kappa shape index (κ1) is 21.2. The Labute approximate surface area is 186 Å². The number of hydrogen-bond donors (Lipinski definition) is 1. The molecule has 1 amide bonds. The summed E-state index contributed by atoms with van der Waals surface area (Å²) in [5.74, 6) is 0.0983. The number of fused-ring (bicyclic) bond motifs is 1. The first-order chi connectivity index (χ1) is 15.0. The van der Waals surface area contributed by atoms with Gasteiger partial charge >= 0.3 is 0 Å². The summed E-state index contributed by atoms with van der Waals surface area (Å²) in [6, 6.07) is 20.0. The third-order valence-corrected chi connectivity index (χ3v) is 5.65. The third kappa shape index (κ3) is 5.36. The van der Waals surface area contributed by atoms with Gasteiger partial charge in [-0.05, 0) is 42.3 Å². The lowest BCUT2D eigenvalue weighted by atomic mass is 10.1. The van der Waals surface area contributed by atoms with E-state index in [1.807, 2.05) is 19.1 Å². The van der Waals surface area contributed by atoms with Gasteiger partial charge in [0.2, 0.25) is 5.91 Å². The third-order valence-electron chi connectivity index (χ3n) is 5.40. The van der Waals surface area contributed by atoms with Gasteiger partial charge in [0.15, 0.2) is 0 Å². The Morgan fingerprint density at radius 2 is 1.81 bits per heavy atom. The number of amides is 1. The second kappa shape index (κ2) is 9.40. The summed E-state index contributed by atoms with van der Waals surface area (Å²) >= 11 is 5.92. The zero-order valence-electron chi connectivity index (χ0n) is 17.3. The van der Waals surface area contributed by atoms with Crippen molar-refractivity contribution >= 4 is 23.2 Å². The molecule has 4 rings (SSSR count). The van der Waals surface area contributed by atoms with Gasteiger partial charge < -0.3 is 15.0 Å². The summed E-state index contributed by atoms with van der Waals surface area (Å²) in [5, 5.41) is 3.63. The molecule has 0 aliphatic carbocycles. The molecule has 0 saturated heterocycles. The lowest BCUT2D eigenvalue weighted by Crippen LogP contribution is -2.45. The maximum absolute atomic E-state index is 13.7. The average Bonchev–Trinajstić information content (AvgIpc) is 2.76. The highest BCUT2D eigenvalue weighted by molar-refractivity contribution is 6.30. The number of nitrogens with one attached hydrogen (secondary N) is 1. The van der Waals surface area contributed by atoms with Crippen molar-refractivity contribution in [1.82, 2.24) is 5.32 Å². The zero-order valence-corrected chi connectivity index (χ0v) is 18.0. The summed E-state index contributed by atoms with van der Waals surface area (Å²) in [5.41, 5.74) is 4.08. The van der Waals surface area contributed by atoms with Crippen molar-refractivity contribution in [3.8, 4) is 5.75 Å². The second-order valence-electron chi connectivity index (χ2n) is 7.80. The monoisotopic (exact) mass is 438 g/mol. The van der Waals surface area contributed by atoms with Crippen LogP contribution in [0.4, 0.5) is 10.1 Å². The largest absolute Gasteiger partial charge is 0.489 e. The van der Waals surface area contributed by atoms with E-state index in [-0.39, 0.29) is 24.2 Å². The van der Waals surface area contributed by atoms with E-state index in [0.29, 0.717) is 30.5 Å². The number of nitrogens with zero attached hydrogens (tertiary/aromatic N) is 1. The Morgan fingerprint density at radius 3 is 2.55 bits per heavy atom. The van der Waals surface area contributed by atoms with Gasteiger partial charge in [-0.3, -0.25) is 4.79 Å². The fraction of sp³-hybridized carbons (Fsp3) is 0.240. The quantitative estimate of drug-likeness (QED) is 0.570. The van der Waals surface area contributed by atoms with Gasteiger partial charge in [0.25, 0.3) is 0 Å². The van der Waals surface area contributed by atoms with E-state index in [2.05, 4.69) is 34.5 Å². The number of ether oxygens (including phenoxy) is 1. The highest BCUT2D eigenvalue weighted by Gasteiger charge is 2.29. The van der Waals surface area contributed by atoms with Gasteiger partial charge in [-0.2, -0.15) is 0 Å². The maximum Gasteiger partial charge on any atom is 0.222 e. The molecule has 160 valence electrons. The van der Waals surface area contributed by atoms with Crippen LogP contribution in [0.25, 0.3) is 0 Å². The molecule has 1 N–H and O–H groups in total. The molecule has 0 fully saturated rings. The number of aryl methyl sites for hydroxylation is 1. The van der Waals surface area contributed by atoms with E-state index in [0.717, 1.165) is 16.8 Å². The Kier molecular flexibility index (Phi) is 6.42. The molecule has 0 saturated carbocycles. The van der Waals surface area contributed by atoms with Crippen LogP contribution in [0.15, 0.2) is 66.7 Å².